The van der Waals surface area contributed by atoms with Crippen LogP contribution in [0, 0.1) is 5.92 Å². The quantitative estimate of drug-likeness (QED) is 0.814. The van der Waals surface area contributed by atoms with Crippen molar-refractivity contribution in [3.8, 4) is 5.75 Å². The molecular weight excluding hydrogens is 278 g/mol. The molecule has 0 saturated heterocycles. The van der Waals surface area contributed by atoms with Crippen LogP contribution in [0.2, 0.25) is 0 Å². The first-order valence-electron chi connectivity index (χ1n) is 8.25. The Kier molecular flexibility index (Phi) is 6.25. The summed E-state index contributed by atoms with van der Waals surface area (Å²) in [7, 11) is 1.63. The standard InChI is InChI=1S/C18H27NO3/c1-3-16(13-8-10-15(22-2)11-9-13)18(21)19-12-17(20)14-6-4-5-7-14/h8-11,14,16-17,20H,3-7,12H2,1-2H3,(H,19,21). The molecule has 1 saturated carbocycles. The maximum absolute atomic E-state index is 12.4. The maximum atomic E-state index is 12.4. The minimum atomic E-state index is -0.417. The molecule has 1 fully saturated rings. The minimum Gasteiger partial charge on any atom is -0.497 e. The lowest BCUT2D eigenvalue weighted by atomic mass is 9.95. The normalized spacial score (nSPS) is 18.0. The zero-order valence-electron chi connectivity index (χ0n) is 13.5. The molecule has 0 aromatic heterocycles. The van der Waals surface area contributed by atoms with Crippen LogP contribution in [0.1, 0.15) is 50.5 Å². The SMILES string of the molecule is CCC(C(=O)NCC(O)C1CCCC1)c1ccc(OC)cc1. The first-order chi connectivity index (χ1) is 10.7. The van der Waals surface area contributed by atoms with Crippen molar-refractivity contribution in [1.29, 1.82) is 0 Å². The second-order valence-corrected chi connectivity index (χ2v) is 6.09. The van der Waals surface area contributed by atoms with E-state index in [-0.39, 0.29) is 11.8 Å². The Bertz CT molecular complexity index is 466. The van der Waals surface area contributed by atoms with E-state index < -0.39 is 6.10 Å². The number of carbonyl (C=O) groups is 1. The van der Waals surface area contributed by atoms with Gasteiger partial charge in [0.25, 0.3) is 0 Å². The molecule has 1 aromatic carbocycles. The molecule has 0 spiro atoms. The van der Waals surface area contributed by atoms with Crippen molar-refractivity contribution in [3.63, 3.8) is 0 Å². The molecule has 0 bridgehead atoms. The molecule has 2 unspecified atom stereocenters. The number of hydrogen-bond donors (Lipinski definition) is 2. The number of aliphatic hydroxyl groups excluding tert-OH is 1. The Morgan fingerprint density at radius 1 is 1.32 bits per heavy atom. The number of ether oxygens (including phenoxy) is 1. The van der Waals surface area contributed by atoms with Gasteiger partial charge in [0.1, 0.15) is 5.75 Å². The van der Waals surface area contributed by atoms with Gasteiger partial charge in [-0.25, -0.2) is 0 Å². The zero-order valence-corrected chi connectivity index (χ0v) is 13.5. The third kappa shape index (κ3) is 4.23. The van der Waals surface area contributed by atoms with Crippen LogP contribution in [0.4, 0.5) is 0 Å². The van der Waals surface area contributed by atoms with Gasteiger partial charge in [-0.3, -0.25) is 4.79 Å². The van der Waals surface area contributed by atoms with Crippen molar-refractivity contribution < 1.29 is 14.6 Å². The van der Waals surface area contributed by atoms with E-state index in [2.05, 4.69) is 5.32 Å². The maximum Gasteiger partial charge on any atom is 0.227 e. The van der Waals surface area contributed by atoms with Gasteiger partial charge in [-0.1, -0.05) is 31.9 Å². The van der Waals surface area contributed by atoms with Crippen LogP contribution < -0.4 is 10.1 Å². The third-order valence-electron chi connectivity index (χ3n) is 4.67. The van der Waals surface area contributed by atoms with Crippen LogP contribution in [0.25, 0.3) is 0 Å². The fourth-order valence-corrected chi connectivity index (χ4v) is 3.25. The van der Waals surface area contributed by atoms with Gasteiger partial charge in [-0.15, -0.1) is 0 Å². The molecule has 1 aliphatic carbocycles. The van der Waals surface area contributed by atoms with Gasteiger partial charge in [0.05, 0.1) is 19.1 Å². The van der Waals surface area contributed by atoms with Crippen LogP contribution >= 0.6 is 0 Å². The molecule has 1 aromatic rings. The lowest BCUT2D eigenvalue weighted by Gasteiger charge is -2.21. The number of rotatable bonds is 7. The highest BCUT2D eigenvalue weighted by Crippen LogP contribution is 2.27. The van der Waals surface area contributed by atoms with Gasteiger partial charge in [0, 0.05) is 6.54 Å². The molecule has 0 heterocycles. The van der Waals surface area contributed by atoms with Gasteiger partial charge in [0.2, 0.25) is 5.91 Å². The average molecular weight is 305 g/mol. The van der Waals surface area contributed by atoms with E-state index in [1.165, 1.54) is 12.8 Å². The summed E-state index contributed by atoms with van der Waals surface area (Å²) in [6.45, 7) is 2.36. The number of benzene rings is 1. The van der Waals surface area contributed by atoms with Gasteiger partial charge < -0.3 is 15.2 Å². The Labute approximate surface area is 132 Å². The Balaban J connectivity index is 1.90. The molecule has 22 heavy (non-hydrogen) atoms. The Morgan fingerprint density at radius 3 is 2.50 bits per heavy atom. The van der Waals surface area contributed by atoms with Crippen LogP contribution in [-0.2, 0) is 4.79 Å². The summed E-state index contributed by atoms with van der Waals surface area (Å²) in [5.74, 6) is 0.948. The number of aliphatic hydroxyl groups is 1. The lowest BCUT2D eigenvalue weighted by Crippen LogP contribution is -2.38. The molecule has 2 atom stereocenters. The summed E-state index contributed by atoms with van der Waals surface area (Å²) in [5.41, 5.74) is 0.983. The molecule has 4 heteroatoms. The first kappa shape index (κ1) is 16.8. The van der Waals surface area contributed by atoms with E-state index in [4.69, 9.17) is 4.74 Å². The predicted molar refractivity (Wildman–Crippen MR) is 87.0 cm³/mol. The summed E-state index contributed by atoms with van der Waals surface area (Å²) < 4.78 is 5.15. The smallest absolute Gasteiger partial charge is 0.227 e. The second kappa shape index (κ2) is 8.18. The van der Waals surface area contributed by atoms with E-state index in [0.717, 1.165) is 30.6 Å². The van der Waals surface area contributed by atoms with E-state index in [0.29, 0.717) is 12.5 Å². The lowest BCUT2D eigenvalue weighted by molar-refractivity contribution is -0.123. The minimum absolute atomic E-state index is 0.00952. The molecule has 2 N–H and O–H groups in total. The summed E-state index contributed by atoms with van der Waals surface area (Å²) in [6.07, 6.45) is 4.86. The van der Waals surface area contributed by atoms with Crippen LogP contribution in [0.3, 0.4) is 0 Å². The number of methoxy groups -OCH3 is 1. The highest BCUT2D eigenvalue weighted by Gasteiger charge is 2.25. The topological polar surface area (TPSA) is 58.6 Å². The molecule has 1 aliphatic rings. The second-order valence-electron chi connectivity index (χ2n) is 6.09. The van der Waals surface area contributed by atoms with Gasteiger partial charge in [0.15, 0.2) is 0 Å². The molecule has 0 aliphatic heterocycles. The average Bonchev–Trinajstić information content (AvgIpc) is 3.08. The summed E-state index contributed by atoms with van der Waals surface area (Å²) >= 11 is 0. The van der Waals surface area contributed by atoms with E-state index in [1.54, 1.807) is 7.11 Å². The largest absolute Gasteiger partial charge is 0.497 e. The molecule has 4 nitrogen and oxygen atoms in total. The van der Waals surface area contributed by atoms with Crippen molar-refractivity contribution in [1.82, 2.24) is 5.32 Å². The van der Waals surface area contributed by atoms with Crippen molar-refractivity contribution in [2.45, 2.75) is 51.0 Å². The van der Waals surface area contributed by atoms with Crippen molar-refractivity contribution in [3.05, 3.63) is 29.8 Å². The molecule has 2 rings (SSSR count). The highest BCUT2D eigenvalue weighted by molar-refractivity contribution is 5.83. The van der Waals surface area contributed by atoms with Crippen LogP contribution in [-0.4, -0.2) is 30.8 Å². The van der Waals surface area contributed by atoms with E-state index in [9.17, 15) is 9.90 Å². The number of nitrogens with one attached hydrogen (secondary N) is 1. The summed E-state index contributed by atoms with van der Waals surface area (Å²) in [4.78, 5) is 12.4. The molecule has 1 amide bonds. The van der Waals surface area contributed by atoms with Crippen LogP contribution in [0.5, 0.6) is 5.75 Å². The van der Waals surface area contributed by atoms with Crippen molar-refractivity contribution in [2.24, 2.45) is 5.92 Å². The van der Waals surface area contributed by atoms with Gasteiger partial charge in [-0.05, 0) is 42.9 Å². The third-order valence-corrected chi connectivity index (χ3v) is 4.67. The highest BCUT2D eigenvalue weighted by atomic mass is 16.5. The van der Waals surface area contributed by atoms with E-state index >= 15 is 0 Å². The summed E-state index contributed by atoms with van der Waals surface area (Å²) in [6, 6.07) is 7.61. The number of hydrogen-bond acceptors (Lipinski definition) is 3. The fourth-order valence-electron chi connectivity index (χ4n) is 3.25. The molecule has 0 radical (unpaired) electrons. The predicted octanol–water partition coefficient (Wildman–Crippen LogP) is 2.86. The van der Waals surface area contributed by atoms with Gasteiger partial charge in [-0.2, -0.15) is 0 Å². The number of amides is 1. The fraction of sp³-hybridized carbons (Fsp3) is 0.611. The van der Waals surface area contributed by atoms with Crippen LogP contribution in [0.15, 0.2) is 24.3 Å². The molecule has 122 valence electrons. The van der Waals surface area contributed by atoms with Crippen molar-refractivity contribution in [2.75, 3.05) is 13.7 Å². The monoisotopic (exact) mass is 305 g/mol. The Morgan fingerprint density at radius 2 is 1.95 bits per heavy atom. The number of carbonyl (C=O) groups excluding carboxylic acids is 1. The molecular formula is C18H27NO3. The van der Waals surface area contributed by atoms with Crippen molar-refractivity contribution >= 4 is 5.91 Å². The first-order valence-corrected chi connectivity index (χ1v) is 8.25. The van der Waals surface area contributed by atoms with E-state index in [1.807, 2.05) is 31.2 Å². The zero-order chi connectivity index (χ0) is 15.9. The Hall–Kier alpha value is -1.55. The van der Waals surface area contributed by atoms with Gasteiger partial charge >= 0.3 is 0 Å². The summed E-state index contributed by atoms with van der Waals surface area (Å²) in [5, 5.41) is 13.1.